The number of nitrogens with one attached hydrogen (secondary N) is 1. The molecule has 0 saturated heterocycles. The quantitative estimate of drug-likeness (QED) is 0.697. The summed E-state index contributed by atoms with van der Waals surface area (Å²) in [7, 11) is 0. The van der Waals surface area contributed by atoms with Crippen LogP contribution >= 0.6 is 0 Å². The zero-order valence-electron chi connectivity index (χ0n) is 9.84. The molecule has 0 atom stereocenters. The number of aryl methyl sites for hydroxylation is 1. The van der Waals surface area contributed by atoms with E-state index < -0.39 is 0 Å². The predicted octanol–water partition coefficient (Wildman–Crippen LogP) is 2.75. The van der Waals surface area contributed by atoms with Crippen molar-refractivity contribution in [2.75, 3.05) is 0 Å². The molecule has 1 aromatic carbocycles. The molecule has 4 nitrogen and oxygen atoms in total. The fourth-order valence-electron chi connectivity index (χ4n) is 2.06. The van der Waals surface area contributed by atoms with Crippen LogP contribution in [0.25, 0.3) is 22.2 Å². The molecule has 0 aliphatic carbocycles. The average molecular weight is 237 g/mol. The van der Waals surface area contributed by atoms with Gasteiger partial charge in [-0.15, -0.1) is 0 Å². The van der Waals surface area contributed by atoms with E-state index in [1.54, 1.807) is 6.20 Å². The molecule has 2 aromatic heterocycles. The molecule has 88 valence electrons. The lowest BCUT2D eigenvalue weighted by Gasteiger charge is -1.99. The van der Waals surface area contributed by atoms with Crippen molar-refractivity contribution in [2.45, 2.75) is 6.92 Å². The second kappa shape index (κ2) is 4.07. The van der Waals surface area contributed by atoms with Crippen molar-refractivity contribution in [1.29, 1.82) is 0 Å². The normalized spacial score (nSPS) is 10.7. The van der Waals surface area contributed by atoms with Crippen LogP contribution in [0.3, 0.4) is 0 Å². The third-order valence-electron chi connectivity index (χ3n) is 2.99. The molecule has 0 aliphatic heterocycles. The van der Waals surface area contributed by atoms with Crippen LogP contribution in [0.2, 0.25) is 0 Å². The highest BCUT2D eigenvalue weighted by Crippen LogP contribution is 2.28. The first kappa shape index (κ1) is 10.7. The molecule has 0 amide bonds. The largest absolute Gasteiger partial charge is 0.360 e. The summed E-state index contributed by atoms with van der Waals surface area (Å²) in [5, 5.41) is 1.11. The molecular weight excluding hydrogens is 226 g/mol. The van der Waals surface area contributed by atoms with Crippen molar-refractivity contribution >= 4 is 17.2 Å². The molecule has 1 N–H and O–H groups in total. The van der Waals surface area contributed by atoms with Gasteiger partial charge in [-0.25, -0.2) is 4.98 Å². The smallest absolute Gasteiger partial charge is 0.170 e. The van der Waals surface area contributed by atoms with Gasteiger partial charge in [0, 0.05) is 22.7 Å². The van der Waals surface area contributed by atoms with E-state index in [1.807, 2.05) is 18.3 Å². The Kier molecular flexibility index (Phi) is 2.41. The first-order valence-corrected chi connectivity index (χ1v) is 5.64. The van der Waals surface area contributed by atoms with Gasteiger partial charge in [-0.2, -0.15) is 0 Å². The Morgan fingerprint density at radius 3 is 2.83 bits per heavy atom. The molecule has 4 heteroatoms. The lowest BCUT2D eigenvalue weighted by Crippen LogP contribution is -1.90. The van der Waals surface area contributed by atoms with Gasteiger partial charge < -0.3 is 4.98 Å². The van der Waals surface area contributed by atoms with Gasteiger partial charge in [0.1, 0.15) is 5.69 Å². The summed E-state index contributed by atoms with van der Waals surface area (Å²) in [6, 6.07) is 6.12. The highest BCUT2D eigenvalue weighted by Gasteiger charge is 2.08. The Hall–Kier alpha value is -2.49. The summed E-state index contributed by atoms with van der Waals surface area (Å²) in [4.78, 5) is 22.1. The minimum absolute atomic E-state index is 0.342. The number of aromatic amines is 1. The van der Waals surface area contributed by atoms with Gasteiger partial charge in [0.05, 0.1) is 18.1 Å². The van der Waals surface area contributed by atoms with E-state index in [1.165, 1.54) is 11.8 Å². The van der Waals surface area contributed by atoms with Crippen molar-refractivity contribution in [3.63, 3.8) is 0 Å². The summed E-state index contributed by atoms with van der Waals surface area (Å²) >= 11 is 0. The number of hydrogen-bond donors (Lipinski definition) is 1. The van der Waals surface area contributed by atoms with Crippen molar-refractivity contribution in [1.82, 2.24) is 15.0 Å². The SMILES string of the molecule is Cc1cccc2c(-c3cnc(C=O)cn3)c[nH]c12. The molecule has 0 bridgehead atoms. The number of carbonyl (C=O) groups is 1. The highest BCUT2D eigenvalue weighted by atomic mass is 16.1. The first-order valence-electron chi connectivity index (χ1n) is 5.64. The van der Waals surface area contributed by atoms with Gasteiger partial charge in [0.25, 0.3) is 0 Å². The lowest BCUT2D eigenvalue weighted by atomic mass is 10.1. The number of nitrogens with zero attached hydrogens (tertiary/aromatic N) is 2. The Morgan fingerprint density at radius 1 is 1.22 bits per heavy atom. The van der Waals surface area contributed by atoms with Crippen molar-refractivity contribution in [3.05, 3.63) is 48.0 Å². The highest BCUT2D eigenvalue weighted by molar-refractivity contribution is 5.96. The van der Waals surface area contributed by atoms with Crippen molar-refractivity contribution in [2.24, 2.45) is 0 Å². The van der Waals surface area contributed by atoms with Gasteiger partial charge in [-0.05, 0) is 12.5 Å². The molecule has 0 fully saturated rings. The van der Waals surface area contributed by atoms with Crippen molar-refractivity contribution < 1.29 is 4.79 Å². The van der Waals surface area contributed by atoms with Gasteiger partial charge >= 0.3 is 0 Å². The summed E-state index contributed by atoms with van der Waals surface area (Å²) in [5.41, 5.74) is 4.40. The number of aldehydes is 1. The molecule has 3 aromatic rings. The number of hydrogen-bond acceptors (Lipinski definition) is 3. The summed E-state index contributed by atoms with van der Waals surface area (Å²) in [5.74, 6) is 0. The lowest BCUT2D eigenvalue weighted by molar-refractivity contribution is 0.111. The second-order valence-electron chi connectivity index (χ2n) is 4.14. The van der Waals surface area contributed by atoms with E-state index in [2.05, 4.69) is 27.9 Å². The molecule has 0 spiro atoms. The molecule has 18 heavy (non-hydrogen) atoms. The maximum absolute atomic E-state index is 10.6. The van der Waals surface area contributed by atoms with Crippen LogP contribution in [0.1, 0.15) is 16.1 Å². The Bertz CT molecular complexity index is 713. The van der Waals surface area contributed by atoms with E-state index >= 15 is 0 Å². The number of H-pyrrole nitrogens is 1. The van der Waals surface area contributed by atoms with Gasteiger partial charge in [-0.1, -0.05) is 18.2 Å². The molecule has 0 saturated carbocycles. The van der Waals surface area contributed by atoms with E-state index in [0.29, 0.717) is 12.0 Å². The van der Waals surface area contributed by atoms with Crippen LogP contribution in [0, 0.1) is 6.92 Å². The van der Waals surface area contributed by atoms with Crippen LogP contribution in [-0.4, -0.2) is 21.2 Å². The Morgan fingerprint density at radius 2 is 2.11 bits per heavy atom. The monoisotopic (exact) mass is 237 g/mol. The van der Waals surface area contributed by atoms with E-state index in [-0.39, 0.29) is 0 Å². The van der Waals surface area contributed by atoms with E-state index in [9.17, 15) is 4.79 Å². The van der Waals surface area contributed by atoms with Gasteiger partial charge in [-0.3, -0.25) is 9.78 Å². The summed E-state index contributed by atoms with van der Waals surface area (Å²) < 4.78 is 0. The third kappa shape index (κ3) is 1.59. The predicted molar refractivity (Wildman–Crippen MR) is 69.4 cm³/mol. The molecule has 0 radical (unpaired) electrons. The molecule has 0 aliphatic rings. The first-order chi connectivity index (χ1) is 8.79. The van der Waals surface area contributed by atoms with Crippen LogP contribution in [0.5, 0.6) is 0 Å². The van der Waals surface area contributed by atoms with Crippen LogP contribution in [0.15, 0.2) is 36.8 Å². The number of aromatic nitrogens is 3. The topological polar surface area (TPSA) is 58.6 Å². The van der Waals surface area contributed by atoms with Crippen LogP contribution in [-0.2, 0) is 0 Å². The Labute approximate surface area is 104 Å². The number of fused-ring (bicyclic) bond motifs is 1. The second-order valence-corrected chi connectivity index (χ2v) is 4.14. The Balaban J connectivity index is 2.19. The minimum atomic E-state index is 0.342. The summed E-state index contributed by atoms with van der Waals surface area (Å²) in [6.45, 7) is 2.06. The summed E-state index contributed by atoms with van der Waals surface area (Å²) in [6.07, 6.45) is 5.71. The molecular formula is C14H11N3O. The maximum atomic E-state index is 10.6. The van der Waals surface area contributed by atoms with Crippen molar-refractivity contribution in [3.8, 4) is 11.3 Å². The van der Waals surface area contributed by atoms with E-state index in [0.717, 1.165) is 22.2 Å². The van der Waals surface area contributed by atoms with Gasteiger partial charge in [0.15, 0.2) is 6.29 Å². The standard InChI is InChI=1S/C14H11N3O/c1-9-3-2-4-11-12(6-17-14(9)11)13-7-15-10(8-18)5-16-13/h2-8,17H,1H3. The third-order valence-corrected chi connectivity index (χ3v) is 2.99. The maximum Gasteiger partial charge on any atom is 0.170 e. The minimum Gasteiger partial charge on any atom is -0.360 e. The van der Waals surface area contributed by atoms with Crippen LogP contribution in [0.4, 0.5) is 0 Å². The fraction of sp³-hybridized carbons (Fsp3) is 0.0714. The average Bonchev–Trinajstić information content (AvgIpc) is 2.84. The van der Waals surface area contributed by atoms with E-state index in [4.69, 9.17) is 0 Å². The molecule has 3 rings (SSSR count). The fourth-order valence-corrected chi connectivity index (χ4v) is 2.06. The van der Waals surface area contributed by atoms with Crippen LogP contribution < -0.4 is 0 Å². The van der Waals surface area contributed by atoms with Gasteiger partial charge in [0.2, 0.25) is 0 Å². The molecule has 2 heterocycles. The number of rotatable bonds is 2. The zero-order chi connectivity index (χ0) is 12.5. The number of carbonyl (C=O) groups excluding carboxylic acids is 1. The number of benzene rings is 1. The molecule has 0 unspecified atom stereocenters. The zero-order valence-corrected chi connectivity index (χ0v) is 9.84. The number of para-hydroxylation sites is 1.